The van der Waals surface area contributed by atoms with Crippen LogP contribution in [0.25, 0.3) is 0 Å². The normalized spacial score (nSPS) is 10.1. The number of hydrogen-bond acceptors (Lipinski definition) is 6. The summed E-state index contributed by atoms with van der Waals surface area (Å²) in [5.41, 5.74) is 0.273. The van der Waals surface area contributed by atoms with Gasteiger partial charge in [-0.3, -0.25) is 9.78 Å². The summed E-state index contributed by atoms with van der Waals surface area (Å²) in [6.45, 7) is 0. The number of rotatable bonds is 5. The Balaban J connectivity index is 1.77. The molecule has 0 N–H and O–H groups in total. The van der Waals surface area contributed by atoms with Crippen molar-refractivity contribution in [2.75, 3.05) is 0 Å². The monoisotopic (exact) mass is 342 g/mol. The standard InChI is InChI=1S/C14H8Cl2O6/c15-11-5-1-3-9(7-11)13(17)19-21-22-20-14(18)10-4-2-6-12(16)8-10/h1-8H. The van der Waals surface area contributed by atoms with Gasteiger partial charge in [-0.25, -0.2) is 9.59 Å². The number of hydrogen-bond donors (Lipinski definition) is 0. The predicted molar refractivity (Wildman–Crippen MR) is 75.9 cm³/mol. The van der Waals surface area contributed by atoms with E-state index in [0.29, 0.717) is 10.0 Å². The van der Waals surface area contributed by atoms with Crippen molar-refractivity contribution in [2.24, 2.45) is 0 Å². The van der Waals surface area contributed by atoms with Gasteiger partial charge in [-0.2, -0.15) is 0 Å². The average Bonchev–Trinajstić information content (AvgIpc) is 2.51. The molecule has 8 heteroatoms. The molecule has 0 aliphatic heterocycles. The highest BCUT2D eigenvalue weighted by Gasteiger charge is 2.12. The third-order valence-electron chi connectivity index (χ3n) is 2.37. The molecule has 2 aromatic carbocycles. The molecule has 0 radical (unpaired) electrons. The second kappa shape index (κ2) is 7.77. The van der Waals surface area contributed by atoms with Gasteiger partial charge < -0.3 is 0 Å². The van der Waals surface area contributed by atoms with Gasteiger partial charge in [0.15, 0.2) is 0 Å². The first-order chi connectivity index (χ1) is 10.6. The second-order valence-electron chi connectivity index (χ2n) is 3.90. The Morgan fingerprint density at radius 1 is 0.727 bits per heavy atom. The van der Waals surface area contributed by atoms with Crippen molar-refractivity contribution in [1.29, 1.82) is 0 Å². The van der Waals surface area contributed by atoms with E-state index in [9.17, 15) is 9.59 Å². The van der Waals surface area contributed by atoms with Gasteiger partial charge in [0, 0.05) is 20.1 Å². The zero-order valence-electron chi connectivity index (χ0n) is 10.8. The fourth-order valence-corrected chi connectivity index (χ4v) is 1.80. The van der Waals surface area contributed by atoms with E-state index in [-0.39, 0.29) is 11.1 Å². The van der Waals surface area contributed by atoms with Crippen LogP contribution in [0.3, 0.4) is 0 Å². The van der Waals surface area contributed by atoms with Gasteiger partial charge in [0.2, 0.25) is 0 Å². The molecule has 0 bridgehead atoms. The minimum absolute atomic E-state index is 0.136. The molecule has 0 heterocycles. The topological polar surface area (TPSA) is 71.1 Å². The summed E-state index contributed by atoms with van der Waals surface area (Å²) < 4.78 is 0. The molecule has 0 aliphatic carbocycles. The van der Waals surface area contributed by atoms with Crippen LogP contribution < -0.4 is 0 Å². The average molecular weight is 343 g/mol. The van der Waals surface area contributed by atoms with Crippen LogP contribution in [0.15, 0.2) is 48.5 Å². The Hall–Kier alpha value is -2.12. The summed E-state index contributed by atoms with van der Waals surface area (Å²) >= 11 is 11.4. The molecule has 0 unspecified atom stereocenters. The Kier molecular flexibility index (Phi) is 5.74. The van der Waals surface area contributed by atoms with E-state index < -0.39 is 11.9 Å². The zero-order chi connectivity index (χ0) is 15.9. The lowest BCUT2D eigenvalue weighted by Crippen LogP contribution is -2.10. The molecule has 6 nitrogen and oxygen atoms in total. The lowest BCUT2D eigenvalue weighted by molar-refractivity contribution is -0.595. The quantitative estimate of drug-likeness (QED) is 0.467. The van der Waals surface area contributed by atoms with Crippen molar-refractivity contribution in [3.63, 3.8) is 0 Å². The molecule has 114 valence electrons. The molecule has 2 rings (SSSR count). The molecule has 0 atom stereocenters. The Morgan fingerprint density at radius 2 is 1.14 bits per heavy atom. The predicted octanol–water partition coefficient (Wildman–Crippen LogP) is 3.79. The molecular formula is C14H8Cl2O6. The number of carbonyl (C=O) groups excluding carboxylic acids is 2. The minimum atomic E-state index is -0.874. The summed E-state index contributed by atoms with van der Waals surface area (Å²) in [5, 5.41) is 8.79. The van der Waals surface area contributed by atoms with Crippen molar-refractivity contribution in [1.82, 2.24) is 0 Å². The Morgan fingerprint density at radius 3 is 1.50 bits per heavy atom. The van der Waals surface area contributed by atoms with Crippen LogP contribution in [-0.4, -0.2) is 11.9 Å². The van der Waals surface area contributed by atoms with Crippen LogP contribution >= 0.6 is 23.2 Å². The molecule has 0 aliphatic rings. The van der Waals surface area contributed by atoms with Gasteiger partial charge in [0.05, 0.1) is 11.1 Å². The molecule has 0 spiro atoms. The van der Waals surface area contributed by atoms with E-state index in [0.717, 1.165) is 0 Å². The summed E-state index contributed by atoms with van der Waals surface area (Å²) in [4.78, 5) is 31.6. The largest absolute Gasteiger partial charge is 0.376 e. The summed E-state index contributed by atoms with van der Waals surface area (Å²) in [6, 6.07) is 11.9. The highest BCUT2D eigenvalue weighted by atomic mass is 35.5. The fourth-order valence-electron chi connectivity index (χ4n) is 1.42. The summed E-state index contributed by atoms with van der Waals surface area (Å²) in [5.74, 6) is -1.75. The zero-order valence-corrected chi connectivity index (χ0v) is 12.3. The molecule has 0 saturated carbocycles. The van der Waals surface area contributed by atoms with Crippen LogP contribution in [0.1, 0.15) is 20.7 Å². The van der Waals surface area contributed by atoms with Crippen LogP contribution in [0, 0.1) is 0 Å². The van der Waals surface area contributed by atoms with Gasteiger partial charge in [0.1, 0.15) is 0 Å². The number of benzene rings is 2. The van der Waals surface area contributed by atoms with Crippen molar-refractivity contribution in [3.8, 4) is 0 Å². The second-order valence-corrected chi connectivity index (χ2v) is 4.77. The first-order valence-electron chi connectivity index (χ1n) is 5.84. The van der Waals surface area contributed by atoms with E-state index in [1.54, 1.807) is 24.3 Å². The maximum absolute atomic E-state index is 11.5. The molecule has 22 heavy (non-hydrogen) atoms. The summed E-state index contributed by atoms with van der Waals surface area (Å²) in [7, 11) is 0. The molecule has 0 saturated heterocycles. The third kappa shape index (κ3) is 4.71. The highest BCUT2D eigenvalue weighted by Crippen LogP contribution is 2.13. The van der Waals surface area contributed by atoms with E-state index >= 15 is 0 Å². The number of halogens is 2. The lowest BCUT2D eigenvalue weighted by atomic mass is 10.2. The molecule has 0 fully saturated rings. The van der Waals surface area contributed by atoms with Crippen LogP contribution in [-0.2, 0) is 19.9 Å². The van der Waals surface area contributed by atoms with Gasteiger partial charge in [0.25, 0.3) is 0 Å². The maximum atomic E-state index is 11.5. The maximum Gasteiger partial charge on any atom is 0.376 e. The smallest absolute Gasteiger partial charge is 0.260 e. The van der Waals surface area contributed by atoms with Crippen LogP contribution in [0.4, 0.5) is 0 Å². The Bertz CT molecular complexity index is 629. The van der Waals surface area contributed by atoms with Gasteiger partial charge in [-0.05, 0) is 36.4 Å². The van der Waals surface area contributed by atoms with Crippen LogP contribution in [0.5, 0.6) is 0 Å². The SMILES string of the molecule is O=C(OOOOC(=O)c1cccc(Cl)c1)c1cccc(Cl)c1. The van der Waals surface area contributed by atoms with Crippen molar-refractivity contribution < 1.29 is 29.4 Å². The third-order valence-corrected chi connectivity index (χ3v) is 2.84. The first-order valence-corrected chi connectivity index (χ1v) is 6.59. The van der Waals surface area contributed by atoms with Gasteiger partial charge in [-0.15, -0.1) is 0 Å². The fraction of sp³-hybridized carbons (Fsp3) is 0. The molecule has 0 aromatic heterocycles. The lowest BCUT2D eigenvalue weighted by Gasteiger charge is -2.02. The van der Waals surface area contributed by atoms with Crippen molar-refractivity contribution in [2.45, 2.75) is 0 Å². The molecule has 2 aromatic rings. The van der Waals surface area contributed by atoms with E-state index in [2.05, 4.69) is 19.9 Å². The molecular weight excluding hydrogens is 335 g/mol. The van der Waals surface area contributed by atoms with Crippen molar-refractivity contribution in [3.05, 3.63) is 69.7 Å². The minimum Gasteiger partial charge on any atom is -0.260 e. The summed E-state index contributed by atoms with van der Waals surface area (Å²) in [6.07, 6.45) is 0. The Labute approximate surface area is 134 Å². The van der Waals surface area contributed by atoms with Gasteiger partial charge >= 0.3 is 11.9 Å². The number of carbonyl (C=O) groups is 2. The van der Waals surface area contributed by atoms with Gasteiger partial charge in [-0.1, -0.05) is 35.3 Å². The first kappa shape index (κ1) is 16.3. The highest BCUT2D eigenvalue weighted by molar-refractivity contribution is 6.31. The molecule has 0 amide bonds. The van der Waals surface area contributed by atoms with Crippen molar-refractivity contribution >= 4 is 35.1 Å². The van der Waals surface area contributed by atoms with E-state index in [4.69, 9.17) is 23.2 Å². The van der Waals surface area contributed by atoms with E-state index in [1.807, 2.05) is 0 Å². The van der Waals surface area contributed by atoms with E-state index in [1.165, 1.54) is 24.3 Å². The van der Waals surface area contributed by atoms with Crippen LogP contribution in [0.2, 0.25) is 10.0 Å².